The zero-order chi connectivity index (χ0) is 22.4. The Morgan fingerprint density at radius 2 is 1.87 bits per heavy atom. The van der Waals surface area contributed by atoms with E-state index in [2.05, 4.69) is 6.07 Å². The number of aryl methyl sites for hydroxylation is 1. The predicted molar refractivity (Wildman–Crippen MR) is 118 cm³/mol. The number of fused-ring (bicyclic) bond motifs is 1. The third kappa shape index (κ3) is 5.06. The second kappa shape index (κ2) is 9.94. The van der Waals surface area contributed by atoms with E-state index in [1.54, 1.807) is 47.4 Å². The summed E-state index contributed by atoms with van der Waals surface area (Å²) < 4.78 is 32.7. The van der Waals surface area contributed by atoms with Crippen molar-refractivity contribution >= 4 is 21.6 Å². The number of rotatable bonds is 8. The van der Waals surface area contributed by atoms with Crippen LogP contribution in [0.5, 0.6) is 5.75 Å². The molecule has 164 valence electrons. The van der Waals surface area contributed by atoms with Crippen molar-refractivity contribution in [3.8, 4) is 11.8 Å². The first kappa shape index (κ1) is 22.8. The first-order valence-electron chi connectivity index (χ1n) is 10.4. The van der Waals surface area contributed by atoms with E-state index < -0.39 is 10.0 Å². The van der Waals surface area contributed by atoms with Crippen LogP contribution in [0.2, 0.25) is 0 Å². The smallest absolute Gasteiger partial charge is 0.264 e. The molecule has 1 amide bonds. The van der Waals surface area contributed by atoms with E-state index in [1.165, 1.54) is 4.31 Å². The predicted octanol–water partition coefficient (Wildman–Crippen LogP) is 3.14. The number of anilines is 1. The maximum absolute atomic E-state index is 12.8. The Kier molecular flexibility index (Phi) is 7.31. The largest absolute Gasteiger partial charge is 0.484 e. The van der Waals surface area contributed by atoms with E-state index in [1.807, 2.05) is 13.8 Å². The molecule has 1 aliphatic rings. The van der Waals surface area contributed by atoms with Crippen LogP contribution in [0.3, 0.4) is 0 Å². The zero-order valence-corrected chi connectivity index (χ0v) is 18.7. The van der Waals surface area contributed by atoms with Gasteiger partial charge in [-0.15, -0.1) is 0 Å². The van der Waals surface area contributed by atoms with Crippen molar-refractivity contribution in [3.05, 3.63) is 53.6 Å². The molecule has 2 aromatic carbocycles. The van der Waals surface area contributed by atoms with Gasteiger partial charge in [0.2, 0.25) is 10.0 Å². The summed E-state index contributed by atoms with van der Waals surface area (Å²) in [6.45, 7) is 4.91. The maximum Gasteiger partial charge on any atom is 0.264 e. The molecule has 0 spiro atoms. The second-order valence-corrected chi connectivity index (χ2v) is 9.23. The van der Waals surface area contributed by atoms with Gasteiger partial charge in [0.05, 0.1) is 17.4 Å². The number of benzene rings is 2. The summed E-state index contributed by atoms with van der Waals surface area (Å²) in [6.07, 6.45) is 1.81. The molecule has 0 radical (unpaired) electrons. The topological polar surface area (TPSA) is 90.7 Å². The van der Waals surface area contributed by atoms with Crippen LogP contribution in [-0.4, -0.2) is 44.9 Å². The lowest BCUT2D eigenvalue weighted by molar-refractivity contribution is -0.120. The highest BCUT2D eigenvalue weighted by Crippen LogP contribution is 2.30. The zero-order valence-electron chi connectivity index (χ0n) is 17.9. The SMILES string of the molecule is CCN(CC)S(=O)(=O)c1ccc2c(c1)CCCN2C(=O)COc1ccc(CC#N)cc1. The summed E-state index contributed by atoms with van der Waals surface area (Å²) >= 11 is 0. The van der Waals surface area contributed by atoms with E-state index >= 15 is 0 Å². The number of carbonyl (C=O) groups is 1. The van der Waals surface area contributed by atoms with Crippen molar-refractivity contribution in [2.24, 2.45) is 0 Å². The van der Waals surface area contributed by atoms with Crippen LogP contribution in [0.1, 0.15) is 31.4 Å². The van der Waals surface area contributed by atoms with E-state index in [0.717, 1.165) is 29.7 Å². The van der Waals surface area contributed by atoms with Gasteiger partial charge in [0.1, 0.15) is 5.75 Å². The Bertz CT molecular complexity index is 1070. The van der Waals surface area contributed by atoms with Crippen molar-refractivity contribution in [2.45, 2.75) is 38.0 Å². The summed E-state index contributed by atoms with van der Waals surface area (Å²) in [4.78, 5) is 14.7. The van der Waals surface area contributed by atoms with Crippen LogP contribution < -0.4 is 9.64 Å². The molecule has 0 N–H and O–H groups in total. The lowest BCUT2D eigenvalue weighted by Gasteiger charge is -2.30. The molecule has 31 heavy (non-hydrogen) atoms. The number of carbonyl (C=O) groups excluding carboxylic acids is 1. The molecular formula is C23H27N3O4S. The van der Waals surface area contributed by atoms with Crippen molar-refractivity contribution in [1.82, 2.24) is 4.31 Å². The Morgan fingerprint density at radius 1 is 1.16 bits per heavy atom. The molecule has 7 nitrogen and oxygen atoms in total. The molecule has 0 aliphatic carbocycles. The molecule has 2 aromatic rings. The molecule has 0 fully saturated rings. The van der Waals surface area contributed by atoms with Gasteiger partial charge in [0.15, 0.2) is 6.61 Å². The van der Waals surface area contributed by atoms with Crippen molar-refractivity contribution in [1.29, 1.82) is 5.26 Å². The van der Waals surface area contributed by atoms with Gasteiger partial charge >= 0.3 is 0 Å². The van der Waals surface area contributed by atoms with Crippen LogP contribution in [0.4, 0.5) is 5.69 Å². The number of amides is 1. The highest BCUT2D eigenvalue weighted by molar-refractivity contribution is 7.89. The van der Waals surface area contributed by atoms with Crippen LogP contribution >= 0.6 is 0 Å². The molecule has 0 atom stereocenters. The van der Waals surface area contributed by atoms with Crippen molar-refractivity contribution in [3.63, 3.8) is 0 Å². The minimum absolute atomic E-state index is 0.115. The number of nitriles is 1. The minimum Gasteiger partial charge on any atom is -0.484 e. The quantitative estimate of drug-likeness (QED) is 0.628. The van der Waals surface area contributed by atoms with Gasteiger partial charge in [-0.05, 0) is 54.3 Å². The second-order valence-electron chi connectivity index (χ2n) is 7.30. The number of hydrogen-bond donors (Lipinski definition) is 0. The molecular weight excluding hydrogens is 414 g/mol. The average Bonchev–Trinajstić information content (AvgIpc) is 2.78. The van der Waals surface area contributed by atoms with Gasteiger partial charge < -0.3 is 9.64 Å². The standard InChI is InChI=1S/C23H27N3O4S/c1-3-25(4-2)31(28,29)21-11-12-22-19(16-21)6-5-15-26(22)23(27)17-30-20-9-7-18(8-10-20)13-14-24/h7-12,16H,3-6,13,15,17H2,1-2H3. The van der Waals surface area contributed by atoms with Gasteiger partial charge in [-0.2, -0.15) is 9.57 Å². The monoisotopic (exact) mass is 441 g/mol. The van der Waals surface area contributed by atoms with Gasteiger partial charge in [-0.1, -0.05) is 26.0 Å². The minimum atomic E-state index is -3.54. The summed E-state index contributed by atoms with van der Waals surface area (Å²) in [5.74, 6) is 0.384. The molecule has 1 aliphatic heterocycles. The third-order valence-corrected chi connectivity index (χ3v) is 7.43. The van der Waals surface area contributed by atoms with Gasteiger partial charge in [-0.3, -0.25) is 4.79 Å². The van der Waals surface area contributed by atoms with E-state index in [9.17, 15) is 13.2 Å². The fourth-order valence-corrected chi connectivity index (χ4v) is 5.23. The van der Waals surface area contributed by atoms with Gasteiger partial charge in [0, 0.05) is 25.3 Å². The third-order valence-electron chi connectivity index (χ3n) is 5.38. The van der Waals surface area contributed by atoms with Crippen molar-refractivity contribution < 1.29 is 17.9 Å². The Morgan fingerprint density at radius 3 is 2.52 bits per heavy atom. The van der Waals surface area contributed by atoms with E-state index in [0.29, 0.717) is 31.8 Å². The summed E-state index contributed by atoms with van der Waals surface area (Å²) in [5, 5.41) is 8.74. The van der Waals surface area contributed by atoms with E-state index in [-0.39, 0.29) is 17.4 Å². The highest BCUT2D eigenvalue weighted by atomic mass is 32.2. The van der Waals surface area contributed by atoms with Crippen LogP contribution in [0.25, 0.3) is 0 Å². The first-order valence-corrected chi connectivity index (χ1v) is 11.9. The number of ether oxygens (including phenoxy) is 1. The van der Waals surface area contributed by atoms with Crippen LogP contribution in [0.15, 0.2) is 47.4 Å². The fraction of sp³-hybridized carbons (Fsp3) is 0.391. The summed E-state index contributed by atoms with van der Waals surface area (Å²) in [5.41, 5.74) is 2.48. The number of hydrogen-bond acceptors (Lipinski definition) is 5. The van der Waals surface area contributed by atoms with E-state index in [4.69, 9.17) is 10.00 Å². The van der Waals surface area contributed by atoms with Crippen molar-refractivity contribution in [2.75, 3.05) is 31.1 Å². The average molecular weight is 442 g/mol. The normalized spacial score (nSPS) is 13.5. The summed E-state index contributed by atoms with van der Waals surface area (Å²) in [6, 6.07) is 14.2. The van der Waals surface area contributed by atoms with Gasteiger partial charge in [0.25, 0.3) is 5.91 Å². The fourth-order valence-electron chi connectivity index (χ4n) is 3.72. The van der Waals surface area contributed by atoms with Crippen LogP contribution in [0, 0.1) is 11.3 Å². The molecule has 3 rings (SSSR count). The lowest BCUT2D eigenvalue weighted by Crippen LogP contribution is -2.39. The lowest BCUT2D eigenvalue weighted by atomic mass is 10.0. The Balaban J connectivity index is 1.73. The Hall–Kier alpha value is -2.89. The molecule has 0 saturated heterocycles. The first-order chi connectivity index (χ1) is 14.9. The highest BCUT2D eigenvalue weighted by Gasteiger charge is 2.27. The maximum atomic E-state index is 12.8. The number of nitrogens with zero attached hydrogens (tertiary/aromatic N) is 3. The number of sulfonamides is 1. The molecule has 0 bridgehead atoms. The summed E-state index contributed by atoms with van der Waals surface area (Å²) in [7, 11) is -3.54. The van der Waals surface area contributed by atoms with Gasteiger partial charge in [-0.25, -0.2) is 8.42 Å². The molecule has 8 heteroatoms. The molecule has 0 unspecified atom stereocenters. The molecule has 0 aromatic heterocycles. The molecule has 0 saturated carbocycles. The molecule has 1 heterocycles. The van der Waals surface area contributed by atoms with Crippen LogP contribution in [-0.2, 0) is 27.7 Å². The Labute approximate surface area is 183 Å².